The van der Waals surface area contributed by atoms with Gasteiger partial charge in [0.1, 0.15) is 0 Å². The van der Waals surface area contributed by atoms with E-state index in [1.54, 1.807) is 12.1 Å². The summed E-state index contributed by atoms with van der Waals surface area (Å²) < 4.78 is 0. The van der Waals surface area contributed by atoms with Gasteiger partial charge in [-0.3, -0.25) is 9.59 Å². The molecule has 2 aromatic carbocycles. The summed E-state index contributed by atoms with van der Waals surface area (Å²) in [6.07, 6.45) is 0.965. The highest BCUT2D eigenvalue weighted by atomic mass is 35.5. The van der Waals surface area contributed by atoms with Crippen molar-refractivity contribution in [1.82, 2.24) is 4.90 Å². The molecule has 5 nitrogen and oxygen atoms in total. The Bertz CT molecular complexity index is 799. The van der Waals surface area contributed by atoms with Crippen LogP contribution in [0.15, 0.2) is 48.5 Å². The van der Waals surface area contributed by atoms with Gasteiger partial charge in [0.2, 0.25) is 0 Å². The van der Waals surface area contributed by atoms with Gasteiger partial charge in [0.15, 0.2) is 6.54 Å². The van der Waals surface area contributed by atoms with Gasteiger partial charge >= 0.3 is 0 Å². The largest absolute Gasteiger partial charge is 0.327 e. The van der Waals surface area contributed by atoms with Crippen LogP contribution in [0.3, 0.4) is 0 Å². The summed E-state index contributed by atoms with van der Waals surface area (Å²) in [6.45, 7) is 5.30. The molecule has 142 valence electrons. The second-order valence-corrected chi connectivity index (χ2v) is 7.20. The molecule has 0 aliphatic carbocycles. The lowest BCUT2D eigenvalue weighted by atomic mass is 10.1. The van der Waals surface area contributed by atoms with Crippen molar-refractivity contribution in [2.24, 2.45) is 0 Å². The van der Waals surface area contributed by atoms with E-state index in [0.717, 1.165) is 25.1 Å². The maximum Gasteiger partial charge on any atom is 0.279 e. The molecular formula is C21H25ClN3O2+. The van der Waals surface area contributed by atoms with Gasteiger partial charge in [0, 0.05) is 5.56 Å². The van der Waals surface area contributed by atoms with Crippen molar-refractivity contribution in [2.45, 2.75) is 13.3 Å². The van der Waals surface area contributed by atoms with Crippen LogP contribution in [0.25, 0.3) is 0 Å². The van der Waals surface area contributed by atoms with Crippen molar-refractivity contribution in [2.75, 3.05) is 38.0 Å². The van der Waals surface area contributed by atoms with Crippen LogP contribution >= 0.6 is 11.6 Å². The quantitative estimate of drug-likeness (QED) is 0.824. The third kappa shape index (κ3) is 5.08. The van der Waals surface area contributed by atoms with Crippen LogP contribution in [-0.4, -0.2) is 49.4 Å². The summed E-state index contributed by atoms with van der Waals surface area (Å²) in [6, 6.07) is 15.0. The number of aryl methyl sites for hydroxylation is 1. The number of quaternary nitrogens is 1. The average molecular weight is 387 g/mol. The zero-order chi connectivity index (χ0) is 19.2. The molecule has 0 bridgehead atoms. The predicted octanol–water partition coefficient (Wildman–Crippen LogP) is 1.88. The Morgan fingerprint density at radius 3 is 2.37 bits per heavy atom. The number of carbonyl (C=O) groups is 2. The average Bonchev–Trinajstić information content (AvgIpc) is 2.70. The molecule has 2 N–H and O–H groups in total. The van der Waals surface area contributed by atoms with E-state index in [2.05, 4.69) is 12.2 Å². The van der Waals surface area contributed by atoms with Gasteiger partial charge in [-0.15, -0.1) is 0 Å². The molecule has 1 aliphatic heterocycles. The van der Waals surface area contributed by atoms with Crippen LogP contribution in [0.4, 0.5) is 5.69 Å². The van der Waals surface area contributed by atoms with E-state index in [-0.39, 0.29) is 11.8 Å². The zero-order valence-electron chi connectivity index (χ0n) is 15.5. The first-order chi connectivity index (χ1) is 13.1. The van der Waals surface area contributed by atoms with E-state index in [0.29, 0.717) is 30.3 Å². The lowest BCUT2D eigenvalue weighted by molar-refractivity contribution is -0.895. The molecule has 0 atom stereocenters. The van der Waals surface area contributed by atoms with Gasteiger partial charge < -0.3 is 15.1 Å². The highest BCUT2D eigenvalue weighted by molar-refractivity contribution is 6.33. The number of nitrogens with one attached hydrogen (secondary N) is 2. The minimum Gasteiger partial charge on any atom is -0.327 e. The molecule has 0 aromatic heterocycles. The van der Waals surface area contributed by atoms with Gasteiger partial charge in [0.05, 0.1) is 36.9 Å². The van der Waals surface area contributed by atoms with E-state index in [9.17, 15) is 9.59 Å². The molecule has 2 amide bonds. The highest BCUT2D eigenvalue weighted by Gasteiger charge is 2.26. The number of rotatable bonds is 5. The van der Waals surface area contributed by atoms with Gasteiger partial charge in [0.25, 0.3) is 11.8 Å². The number of piperazine rings is 1. The third-order valence-corrected chi connectivity index (χ3v) is 5.25. The first-order valence-electron chi connectivity index (χ1n) is 9.33. The smallest absolute Gasteiger partial charge is 0.279 e. The number of anilines is 1. The Kier molecular flexibility index (Phi) is 6.48. The Morgan fingerprint density at radius 1 is 1.07 bits per heavy atom. The van der Waals surface area contributed by atoms with Crippen molar-refractivity contribution in [3.63, 3.8) is 0 Å². The molecule has 0 radical (unpaired) electrons. The Morgan fingerprint density at radius 2 is 1.74 bits per heavy atom. The maximum atomic E-state index is 12.6. The summed E-state index contributed by atoms with van der Waals surface area (Å²) in [5.74, 6) is 0.00486. The summed E-state index contributed by atoms with van der Waals surface area (Å²) in [4.78, 5) is 27.9. The molecule has 1 aliphatic rings. The van der Waals surface area contributed by atoms with Gasteiger partial charge in [-0.05, 0) is 36.2 Å². The minimum atomic E-state index is -0.0620. The second-order valence-electron chi connectivity index (χ2n) is 6.80. The minimum absolute atomic E-state index is 0.0620. The summed E-state index contributed by atoms with van der Waals surface area (Å²) in [5.41, 5.74) is 2.59. The van der Waals surface area contributed by atoms with Crippen molar-refractivity contribution in [1.29, 1.82) is 0 Å². The van der Waals surface area contributed by atoms with Crippen molar-refractivity contribution < 1.29 is 14.5 Å². The maximum absolute atomic E-state index is 12.6. The Hall–Kier alpha value is -2.37. The number of hydrogen-bond acceptors (Lipinski definition) is 2. The van der Waals surface area contributed by atoms with Crippen LogP contribution in [0.2, 0.25) is 5.02 Å². The first kappa shape index (κ1) is 19.4. The number of benzene rings is 2. The number of nitrogens with zero attached hydrogens (tertiary/aromatic N) is 1. The molecule has 1 fully saturated rings. The highest BCUT2D eigenvalue weighted by Crippen LogP contribution is 2.19. The SMILES string of the molecule is CCc1ccc(C(=O)N2CC[NH+](CC(=O)Nc3ccccc3Cl)CC2)cc1. The van der Waals surface area contributed by atoms with Crippen LogP contribution in [0, 0.1) is 0 Å². The molecule has 27 heavy (non-hydrogen) atoms. The van der Waals surface area contributed by atoms with Gasteiger partial charge in [-0.1, -0.05) is 42.8 Å². The number of carbonyl (C=O) groups excluding carboxylic acids is 2. The van der Waals surface area contributed by atoms with E-state index < -0.39 is 0 Å². The van der Waals surface area contributed by atoms with E-state index >= 15 is 0 Å². The Balaban J connectivity index is 1.48. The fourth-order valence-corrected chi connectivity index (χ4v) is 3.44. The van der Waals surface area contributed by atoms with E-state index in [1.807, 2.05) is 41.3 Å². The third-order valence-electron chi connectivity index (χ3n) is 4.93. The number of halogens is 1. The topological polar surface area (TPSA) is 53.9 Å². The summed E-state index contributed by atoms with van der Waals surface area (Å²) >= 11 is 6.08. The molecule has 1 saturated heterocycles. The van der Waals surface area contributed by atoms with Gasteiger partial charge in [-0.2, -0.15) is 0 Å². The van der Waals surface area contributed by atoms with E-state index in [4.69, 9.17) is 11.6 Å². The lowest BCUT2D eigenvalue weighted by Gasteiger charge is -2.32. The Labute approximate surface area is 164 Å². The monoisotopic (exact) mass is 386 g/mol. The van der Waals surface area contributed by atoms with Crippen molar-refractivity contribution in [3.05, 3.63) is 64.7 Å². The van der Waals surface area contributed by atoms with Crippen LogP contribution in [0.5, 0.6) is 0 Å². The first-order valence-corrected chi connectivity index (χ1v) is 9.70. The normalized spacial score (nSPS) is 14.8. The van der Waals surface area contributed by atoms with Gasteiger partial charge in [-0.25, -0.2) is 0 Å². The summed E-state index contributed by atoms with van der Waals surface area (Å²) in [5, 5.41) is 3.39. The summed E-state index contributed by atoms with van der Waals surface area (Å²) in [7, 11) is 0. The van der Waals surface area contributed by atoms with Crippen LogP contribution in [-0.2, 0) is 11.2 Å². The van der Waals surface area contributed by atoms with Crippen molar-refractivity contribution in [3.8, 4) is 0 Å². The molecule has 0 spiro atoms. The van der Waals surface area contributed by atoms with Crippen molar-refractivity contribution >= 4 is 29.1 Å². The molecule has 3 rings (SSSR count). The van der Waals surface area contributed by atoms with E-state index in [1.165, 1.54) is 10.5 Å². The lowest BCUT2D eigenvalue weighted by Crippen LogP contribution is -3.15. The molecular weight excluding hydrogens is 362 g/mol. The van der Waals surface area contributed by atoms with Crippen LogP contribution < -0.4 is 10.2 Å². The molecule has 6 heteroatoms. The fourth-order valence-electron chi connectivity index (χ4n) is 3.25. The second kappa shape index (κ2) is 9.02. The zero-order valence-corrected chi connectivity index (χ0v) is 16.3. The number of amides is 2. The fraction of sp³-hybridized carbons (Fsp3) is 0.333. The molecule has 0 unspecified atom stereocenters. The molecule has 1 heterocycles. The number of hydrogen-bond donors (Lipinski definition) is 2. The molecule has 0 saturated carbocycles. The van der Waals surface area contributed by atoms with Crippen LogP contribution in [0.1, 0.15) is 22.8 Å². The predicted molar refractivity (Wildman–Crippen MR) is 107 cm³/mol. The standard InChI is InChI=1S/C21H24ClN3O2/c1-2-16-7-9-17(10-8-16)21(27)25-13-11-24(12-14-25)15-20(26)23-19-6-4-3-5-18(19)22/h3-10H,2,11-15H2,1H3,(H,23,26)/p+1. The number of para-hydroxylation sites is 1. The molecule has 2 aromatic rings.